The van der Waals surface area contributed by atoms with E-state index in [1.807, 2.05) is 30.3 Å². The number of hydrogen-bond acceptors (Lipinski definition) is 10. The molecule has 12 heteroatoms. The number of esters is 3. The fourth-order valence-corrected chi connectivity index (χ4v) is 3.81. The summed E-state index contributed by atoms with van der Waals surface area (Å²) >= 11 is 0. The average Bonchev–Trinajstić information content (AvgIpc) is 3.25. The number of benzene rings is 1. The van der Waals surface area contributed by atoms with Crippen LogP contribution in [0.2, 0.25) is 0 Å². The molecule has 12 nitrogen and oxygen atoms in total. The molecule has 0 spiro atoms. The summed E-state index contributed by atoms with van der Waals surface area (Å²) < 4.78 is 23.2. The molecule has 0 radical (unpaired) electrons. The molecule has 0 bridgehead atoms. The lowest BCUT2D eigenvalue weighted by atomic mass is 9.87. The van der Waals surface area contributed by atoms with E-state index in [2.05, 4.69) is 10.3 Å². The predicted octanol–water partition coefficient (Wildman–Crippen LogP) is 1.36. The van der Waals surface area contributed by atoms with E-state index < -0.39 is 60.8 Å². The number of nitrogens with zero attached hydrogens (tertiary/aromatic N) is 3. The summed E-state index contributed by atoms with van der Waals surface area (Å²) in [7, 11) is 0. The number of aliphatic carboxylic acids is 1. The summed E-state index contributed by atoms with van der Waals surface area (Å²) in [5.74, 6) is -4.24. The van der Waals surface area contributed by atoms with Crippen LogP contribution in [0.25, 0.3) is 11.3 Å². The van der Waals surface area contributed by atoms with Gasteiger partial charge in [-0.2, -0.15) is 0 Å². The van der Waals surface area contributed by atoms with Crippen molar-refractivity contribution in [1.29, 1.82) is 0 Å². The maximum Gasteiger partial charge on any atom is 0.303 e. The molecule has 0 aliphatic carbocycles. The van der Waals surface area contributed by atoms with Gasteiger partial charge >= 0.3 is 23.9 Å². The van der Waals surface area contributed by atoms with Crippen LogP contribution in [0.3, 0.4) is 0 Å². The van der Waals surface area contributed by atoms with E-state index >= 15 is 0 Å². The highest BCUT2D eigenvalue weighted by molar-refractivity contribution is 5.69. The second kappa shape index (κ2) is 10.9. The third-order valence-corrected chi connectivity index (χ3v) is 5.10. The Hall–Kier alpha value is -3.80. The number of hydrogen-bond donors (Lipinski definition) is 1. The van der Waals surface area contributed by atoms with Gasteiger partial charge in [-0.05, 0) is 0 Å². The van der Waals surface area contributed by atoms with Gasteiger partial charge in [0.1, 0.15) is 24.5 Å². The van der Waals surface area contributed by atoms with Crippen molar-refractivity contribution in [3.05, 3.63) is 36.5 Å². The zero-order valence-corrected chi connectivity index (χ0v) is 18.8. The topological polar surface area (TPSA) is 156 Å². The molecule has 1 N–H and O–H groups in total. The van der Waals surface area contributed by atoms with Crippen LogP contribution >= 0.6 is 0 Å². The summed E-state index contributed by atoms with van der Waals surface area (Å²) in [6.45, 7) is 3.16. The largest absolute Gasteiger partial charge is 0.481 e. The van der Waals surface area contributed by atoms with Crippen molar-refractivity contribution in [3.63, 3.8) is 0 Å². The highest BCUT2D eigenvalue weighted by atomic mass is 16.6. The van der Waals surface area contributed by atoms with Crippen molar-refractivity contribution in [2.24, 2.45) is 5.92 Å². The molecule has 182 valence electrons. The van der Waals surface area contributed by atoms with Gasteiger partial charge in [0, 0.05) is 26.3 Å². The van der Waals surface area contributed by atoms with Gasteiger partial charge in [0.25, 0.3) is 0 Å². The molecule has 2 aromatic rings. The SMILES string of the molecule is CC(=O)OCC1OC(n2cc(-c3ccccc3)nn2)C(CC(=O)O)C(OC(C)=O)C1OC(C)=O. The first-order valence-electron chi connectivity index (χ1n) is 10.5. The number of carboxylic acid groups (broad SMARTS) is 1. The summed E-state index contributed by atoms with van der Waals surface area (Å²) in [6, 6.07) is 9.15. The highest BCUT2D eigenvalue weighted by Gasteiger charge is 2.51. The Morgan fingerprint density at radius 2 is 1.65 bits per heavy atom. The molecule has 1 aromatic heterocycles. The minimum Gasteiger partial charge on any atom is -0.481 e. The molecule has 5 unspecified atom stereocenters. The molecular weight excluding hydrogens is 450 g/mol. The molecule has 0 saturated carbocycles. The highest BCUT2D eigenvalue weighted by Crippen LogP contribution is 2.39. The normalized spacial score (nSPS) is 24.1. The van der Waals surface area contributed by atoms with E-state index in [0.29, 0.717) is 5.69 Å². The molecule has 0 amide bonds. The quantitative estimate of drug-likeness (QED) is 0.434. The van der Waals surface area contributed by atoms with Crippen LogP contribution in [-0.2, 0) is 38.1 Å². The fourth-order valence-electron chi connectivity index (χ4n) is 3.81. The summed E-state index contributed by atoms with van der Waals surface area (Å²) in [5.41, 5.74) is 1.27. The third-order valence-electron chi connectivity index (χ3n) is 5.10. The smallest absolute Gasteiger partial charge is 0.303 e. The van der Waals surface area contributed by atoms with Crippen LogP contribution in [0.4, 0.5) is 0 Å². The Balaban J connectivity index is 2.03. The van der Waals surface area contributed by atoms with Crippen molar-refractivity contribution in [2.45, 2.75) is 51.7 Å². The van der Waals surface area contributed by atoms with E-state index in [1.165, 1.54) is 11.6 Å². The Morgan fingerprint density at radius 1 is 1.00 bits per heavy atom. The van der Waals surface area contributed by atoms with Crippen LogP contribution in [0.1, 0.15) is 33.4 Å². The first-order chi connectivity index (χ1) is 16.2. The summed E-state index contributed by atoms with van der Waals surface area (Å²) in [5, 5.41) is 17.8. The minimum atomic E-state index is -1.22. The molecule has 1 aliphatic rings. The summed E-state index contributed by atoms with van der Waals surface area (Å²) in [4.78, 5) is 46.8. The number of carboxylic acids is 1. The second-order valence-electron chi connectivity index (χ2n) is 7.73. The van der Waals surface area contributed by atoms with Crippen LogP contribution < -0.4 is 0 Å². The number of aromatic nitrogens is 3. The third kappa shape index (κ3) is 6.16. The Morgan fingerprint density at radius 3 is 2.24 bits per heavy atom. The number of carbonyl (C=O) groups is 4. The van der Waals surface area contributed by atoms with E-state index in [-0.39, 0.29) is 6.61 Å². The van der Waals surface area contributed by atoms with Crippen molar-refractivity contribution in [3.8, 4) is 11.3 Å². The number of rotatable bonds is 8. The van der Waals surface area contributed by atoms with Crippen LogP contribution in [0.15, 0.2) is 36.5 Å². The number of ether oxygens (including phenoxy) is 4. The zero-order valence-electron chi connectivity index (χ0n) is 18.8. The first kappa shape index (κ1) is 24.8. The molecule has 3 rings (SSSR count). The maximum atomic E-state index is 11.9. The van der Waals surface area contributed by atoms with Gasteiger partial charge in [-0.25, -0.2) is 4.68 Å². The maximum absolute atomic E-state index is 11.9. The van der Waals surface area contributed by atoms with Gasteiger partial charge in [-0.1, -0.05) is 35.5 Å². The van der Waals surface area contributed by atoms with Crippen LogP contribution in [-0.4, -0.2) is 68.9 Å². The Bertz CT molecular complexity index is 1040. The van der Waals surface area contributed by atoms with Crippen molar-refractivity contribution in [1.82, 2.24) is 15.0 Å². The summed E-state index contributed by atoms with van der Waals surface area (Å²) in [6.07, 6.45) is -3.54. The van der Waals surface area contributed by atoms with Crippen molar-refractivity contribution >= 4 is 23.9 Å². The van der Waals surface area contributed by atoms with Gasteiger partial charge in [0.2, 0.25) is 0 Å². The average molecular weight is 475 g/mol. The van der Waals surface area contributed by atoms with Gasteiger partial charge in [-0.15, -0.1) is 5.10 Å². The lowest BCUT2D eigenvalue weighted by molar-refractivity contribution is -0.252. The molecule has 2 heterocycles. The van der Waals surface area contributed by atoms with Crippen LogP contribution in [0, 0.1) is 5.92 Å². The molecular formula is C22H25N3O9. The molecule has 1 aliphatic heterocycles. The monoisotopic (exact) mass is 475 g/mol. The first-order valence-corrected chi connectivity index (χ1v) is 10.5. The number of carbonyl (C=O) groups excluding carboxylic acids is 3. The fraction of sp³-hybridized carbons (Fsp3) is 0.455. The molecule has 1 saturated heterocycles. The lowest BCUT2D eigenvalue weighted by Gasteiger charge is -2.44. The molecule has 34 heavy (non-hydrogen) atoms. The van der Waals surface area contributed by atoms with Gasteiger partial charge < -0.3 is 24.1 Å². The minimum absolute atomic E-state index is 0.332. The Labute approximate surface area is 194 Å². The van der Waals surface area contributed by atoms with E-state index in [9.17, 15) is 24.3 Å². The van der Waals surface area contributed by atoms with Gasteiger partial charge in [0.15, 0.2) is 12.3 Å². The molecule has 5 atom stereocenters. The molecule has 1 fully saturated rings. The van der Waals surface area contributed by atoms with Crippen LogP contribution in [0.5, 0.6) is 0 Å². The van der Waals surface area contributed by atoms with E-state index in [1.54, 1.807) is 6.20 Å². The van der Waals surface area contributed by atoms with Crippen molar-refractivity contribution in [2.75, 3.05) is 6.61 Å². The second-order valence-corrected chi connectivity index (χ2v) is 7.73. The standard InChI is InChI=1S/C22H25N3O9/c1-12(26)31-11-18-21(33-14(3)28)20(32-13(2)27)16(9-19(29)30)22(34-18)25-10-17(23-24-25)15-7-5-4-6-8-15/h4-8,10,16,18,20-22H,9,11H2,1-3H3,(H,29,30). The van der Waals surface area contributed by atoms with Gasteiger partial charge in [0.05, 0.1) is 18.5 Å². The Kier molecular flexibility index (Phi) is 7.95. The zero-order chi connectivity index (χ0) is 24.8. The van der Waals surface area contributed by atoms with E-state index in [4.69, 9.17) is 18.9 Å². The predicted molar refractivity (Wildman–Crippen MR) is 113 cm³/mol. The lowest BCUT2D eigenvalue weighted by Crippen LogP contribution is -2.57. The van der Waals surface area contributed by atoms with Crippen molar-refractivity contribution < 1.29 is 43.2 Å². The molecule has 1 aromatic carbocycles. The van der Waals surface area contributed by atoms with Gasteiger partial charge in [-0.3, -0.25) is 19.2 Å². The van der Waals surface area contributed by atoms with E-state index in [0.717, 1.165) is 19.4 Å².